The van der Waals surface area contributed by atoms with E-state index in [-0.39, 0.29) is 23.3 Å². The van der Waals surface area contributed by atoms with E-state index in [4.69, 9.17) is 0 Å². The van der Waals surface area contributed by atoms with Crippen LogP contribution in [0.25, 0.3) is 11.1 Å². The van der Waals surface area contributed by atoms with Gasteiger partial charge in [0.05, 0.1) is 17.6 Å². The van der Waals surface area contributed by atoms with Gasteiger partial charge in [0, 0.05) is 43.0 Å². The van der Waals surface area contributed by atoms with E-state index in [1.807, 2.05) is 0 Å². The highest BCUT2D eigenvalue weighted by molar-refractivity contribution is 5.99. The van der Waals surface area contributed by atoms with Gasteiger partial charge in [-0.3, -0.25) is 9.48 Å². The molecular weight excluding hydrogens is 477 g/mol. The predicted molar refractivity (Wildman–Crippen MR) is 127 cm³/mol. The van der Waals surface area contributed by atoms with Crippen molar-refractivity contribution in [2.24, 2.45) is 7.05 Å². The number of carbonyl (C=O) groups is 1. The van der Waals surface area contributed by atoms with E-state index in [0.29, 0.717) is 22.5 Å². The molecule has 0 saturated carbocycles. The molecule has 0 aliphatic rings. The second kappa shape index (κ2) is 10.5. The topological polar surface area (TPSA) is 119 Å². The summed E-state index contributed by atoms with van der Waals surface area (Å²) in [4.78, 5) is 24.1. The summed E-state index contributed by atoms with van der Waals surface area (Å²) in [5.74, 6) is -1.12. The number of hydrogen-bond acceptors (Lipinski definition) is 8. The second-order valence-electron chi connectivity index (χ2n) is 7.26. The quantitative estimate of drug-likeness (QED) is 0.287. The smallest absolute Gasteiger partial charge is 0.388 e. The molecule has 0 saturated heterocycles. The van der Waals surface area contributed by atoms with Crippen LogP contribution in [0.5, 0.6) is 5.88 Å². The Morgan fingerprint density at radius 2 is 1.97 bits per heavy atom. The Morgan fingerprint density at radius 3 is 2.69 bits per heavy atom. The Labute approximate surface area is 202 Å². The van der Waals surface area contributed by atoms with Gasteiger partial charge in [0.25, 0.3) is 0 Å². The number of rotatable bonds is 9. The van der Waals surface area contributed by atoms with Crippen LogP contribution in [0.3, 0.4) is 0 Å². The van der Waals surface area contributed by atoms with E-state index in [9.17, 15) is 18.0 Å². The predicted octanol–water partition coefficient (Wildman–Crippen LogP) is 4.62. The van der Waals surface area contributed by atoms with Crippen molar-refractivity contribution in [1.82, 2.24) is 24.7 Å². The summed E-state index contributed by atoms with van der Waals surface area (Å²) in [6, 6.07) is 6.73. The van der Waals surface area contributed by atoms with Crippen LogP contribution in [0.15, 0.2) is 67.8 Å². The third-order valence-corrected chi connectivity index (χ3v) is 4.68. The first-order chi connectivity index (χ1) is 17.3. The molecule has 13 heteroatoms. The van der Waals surface area contributed by atoms with Gasteiger partial charge in [0.2, 0.25) is 17.7 Å². The number of aryl methyl sites for hydroxylation is 1. The minimum Gasteiger partial charge on any atom is -0.417 e. The number of amides is 1. The van der Waals surface area contributed by atoms with E-state index in [2.05, 4.69) is 47.3 Å². The molecule has 0 aliphatic carbocycles. The van der Waals surface area contributed by atoms with Crippen LogP contribution in [0, 0.1) is 5.82 Å². The maximum absolute atomic E-state index is 14.7. The molecule has 3 heterocycles. The Hall–Kier alpha value is -4.94. The van der Waals surface area contributed by atoms with Gasteiger partial charge in [-0.1, -0.05) is 6.58 Å². The van der Waals surface area contributed by atoms with Gasteiger partial charge >= 0.3 is 6.61 Å². The van der Waals surface area contributed by atoms with Gasteiger partial charge in [0.1, 0.15) is 11.6 Å². The number of benzene rings is 1. The van der Waals surface area contributed by atoms with Crippen molar-refractivity contribution in [3.8, 4) is 17.0 Å². The number of hydrogen-bond donors (Lipinski definition) is 3. The number of alkyl halides is 2. The van der Waals surface area contributed by atoms with E-state index < -0.39 is 18.3 Å². The third kappa shape index (κ3) is 5.94. The molecule has 0 radical (unpaired) electrons. The van der Waals surface area contributed by atoms with Crippen LogP contribution in [-0.2, 0) is 11.8 Å². The van der Waals surface area contributed by atoms with E-state index in [1.54, 1.807) is 24.1 Å². The summed E-state index contributed by atoms with van der Waals surface area (Å²) < 4.78 is 46.0. The number of anilines is 5. The summed E-state index contributed by atoms with van der Waals surface area (Å²) >= 11 is 0. The van der Waals surface area contributed by atoms with Crippen LogP contribution in [-0.4, -0.2) is 37.3 Å². The summed E-state index contributed by atoms with van der Waals surface area (Å²) in [6.07, 6.45) is 7.05. The average Bonchev–Trinajstić information content (AvgIpc) is 3.25. The molecule has 0 fully saturated rings. The number of nitrogens with one attached hydrogen (secondary N) is 3. The number of carbonyl (C=O) groups excluding carboxylic acids is 1. The fourth-order valence-corrected chi connectivity index (χ4v) is 3.12. The minimum atomic E-state index is -3.06. The highest BCUT2D eigenvalue weighted by Crippen LogP contribution is 2.32. The van der Waals surface area contributed by atoms with Gasteiger partial charge in [-0.2, -0.15) is 18.9 Å². The molecule has 0 bridgehead atoms. The van der Waals surface area contributed by atoms with Gasteiger partial charge in [-0.25, -0.2) is 14.4 Å². The first-order valence-electron chi connectivity index (χ1n) is 10.3. The van der Waals surface area contributed by atoms with Crippen LogP contribution in [0.2, 0.25) is 0 Å². The molecule has 3 aromatic heterocycles. The first-order valence-corrected chi connectivity index (χ1v) is 10.3. The lowest BCUT2D eigenvalue weighted by atomic mass is 10.1. The molecular formula is C23H19F3N8O2. The van der Waals surface area contributed by atoms with Crippen LogP contribution in [0.1, 0.15) is 0 Å². The van der Waals surface area contributed by atoms with Crippen LogP contribution in [0.4, 0.5) is 42.0 Å². The van der Waals surface area contributed by atoms with E-state index >= 15 is 0 Å². The molecule has 1 aromatic carbocycles. The monoisotopic (exact) mass is 496 g/mol. The SMILES string of the molecule is C=CC(=O)Nc1ccc(F)c(Nc2nc(Nc3cnn(C)c3)ncc2-c2ccnc(OC(F)F)c2)c1. The Morgan fingerprint density at radius 1 is 1.14 bits per heavy atom. The lowest BCUT2D eigenvalue weighted by Gasteiger charge is -2.15. The number of halogens is 3. The zero-order valence-electron chi connectivity index (χ0n) is 18.7. The molecule has 4 aromatic rings. The Balaban J connectivity index is 1.74. The summed E-state index contributed by atoms with van der Waals surface area (Å²) in [5, 5.41) is 12.5. The lowest BCUT2D eigenvalue weighted by molar-refractivity contribution is -0.111. The fraction of sp³-hybridized carbons (Fsp3) is 0.0870. The largest absolute Gasteiger partial charge is 0.417 e. The van der Waals surface area contributed by atoms with Crippen molar-refractivity contribution in [2.45, 2.75) is 6.61 Å². The lowest BCUT2D eigenvalue weighted by Crippen LogP contribution is -2.08. The molecule has 0 atom stereocenters. The fourth-order valence-electron chi connectivity index (χ4n) is 3.12. The summed E-state index contributed by atoms with van der Waals surface area (Å²) in [7, 11) is 1.74. The minimum absolute atomic E-state index is 0.0118. The van der Waals surface area contributed by atoms with Crippen LogP contribution >= 0.6 is 0 Å². The highest BCUT2D eigenvalue weighted by atomic mass is 19.3. The van der Waals surface area contributed by atoms with Crippen molar-refractivity contribution < 1.29 is 22.7 Å². The molecule has 3 N–H and O–H groups in total. The maximum Gasteiger partial charge on any atom is 0.388 e. The normalized spacial score (nSPS) is 10.7. The zero-order valence-corrected chi connectivity index (χ0v) is 18.7. The number of nitrogens with zero attached hydrogens (tertiary/aromatic N) is 5. The van der Waals surface area contributed by atoms with E-state index in [1.165, 1.54) is 36.7 Å². The van der Waals surface area contributed by atoms with Crippen molar-refractivity contribution in [2.75, 3.05) is 16.0 Å². The maximum atomic E-state index is 14.7. The summed E-state index contributed by atoms with van der Waals surface area (Å²) in [5.41, 5.74) is 1.63. The summed E-state index contributed by atoms with van der Waals surface area (Å²) in [6.45, 7) is 0.326. The van der Waals surface area contributed by atoms with Gasteiger partial charge in [0.15, 0.2) is 0 Å². The van der Waals surface area contributed by atoms with Crippen molar-refractivity contribution in [1.29, 1.82) is 0 Å². The van der Waals surface area contributed by atoms with Crippen molar-refractivity contribution >= 4 is 34.7 Å². The van der Waals surface area contributed by atoms with E-state index in [0.717, 1.165) is 12.1 Å². The molecule has 36 heavy (non-hydrogen) atoms. The number of pyridine rings is 1. The van der Waals surface area contributed by atoms with Crippen LogP contribution < -0.4 is 20.7 Å². The van der Waals surface area contributed by atoms with Crippen molar-refractivity contribution in [3.63, 3.8) is 0 Å². The Kier molecular flexibility index (Phi) is 7.09. The number of ether oxygens (including phenoxy) is 1. The molecule has 0 spiro atoms. The van der Waals surface area contributed by atoms with Gasteiger partial charge in [-0.05, 0) is 35.9 Å². The molecule has 4 rings (SSSR count). The van der Waals surface area contributed by atoms with Gasteiger partial charge < -0.3 is 20.7 Å². The molecule has 0 unspecified atom stereocenters. The molecule has 0 aliphatic heterocycles. The molecule has 184 valence electrons. The number of aromatic nitrogens is 5. The van der Waals surface area contributed by atoms with Gasteiger partial charge in [-0.15, -0.1) is 0 Å². The third-order valence-electron chi connectivity index (χ3n) is 4.68. The molecule has 10 nitrogen and oxygen atoms in total. The second-order valence-corrected chi connectivity index (χ2v) is 7.26. The highest BCUT2D eigenvalue weighted by Gasteiger charge is 2.15. The zero-order chi connectivity index (χ0) is 25.7. The Bertz CT molecular complexity index is 1410. The first kappa shape index (κ1) is 24.2. The standard InChI is InChI=1S/C23H19F3N8O2/c1-3-19(35)30-14-4-5-17(24)18(9-14)32-21-16(13-6-7-27-20(8-13)36-22(25)26)11-28-23(33-21)31-15-10-29-34(2)12-15/h3-12,22H,1H2,2H3,(H,30,35)(H2,28,31,32,33). The average molecular weight is 496 g/mol. The van der Waals surface area contributed by atoms with Crippen molar-refractivity contribution in [3.05, 3.63) is 73.6 Å². The molecule has 1 amide bonds.